The van der Waals surface area contributed by atoms with Crippen LogP contribution < -0.4 is 5.32 Å². The zero-order valence-electron chi connectivity index (χ0n) is 15.6. The number of carbonyl (C=O) groups is 1. The molecule has 2 nitrogen and oxygen atoms in total. The molecule has 132 valence electrons. The standard InChI is InChI=1S/C22H33NO/c1-16-13-19(15-22(2,3)14-16)23-21(24)20(18-11-7-8-12-18)17-9-5-4-6-10-17/h4-6,9-10,16,18-20H,7-8,11-15H2,1-3H3,(H,23,24)/t16-,19+,20-/m1/s1. The van der Waals surface area contributed by atoms with Crippen LogP contribution in [-0.4, -0.2) is 11.9 Å². The van der Waals surface area contributed by atoms with Gasteiger partial charge in [-0.1, -0.05) is 63.9 Å². The molecule has 0 saturated heterocycles. The lowest BCUT2D eigenvalue weighted by Crippen LogP contribution is -2.45. The second kappa shape index (κ2) is 7.29. The maximum Gasteiger partial charge on any atom is 0.228 e. The van der Waals surface area contributed by atoms with Crippen LogP contribution in [-0.2, 0) is 4.79 Å². The second-order valence-electron chi connectivity index (χ2n) is 9.05. The van der Waals surface area contributed by atoms with Crippen molar-refractivity contribution in [1.82, 2.24) is 5.32 Å². The predicted octanol–water partition coefficient (Wildman–Crippen LogP) is 5.29. The SMILES string of the molecule is C[C@@H]1C[C@H](NC(=O)[C@H](c2ccccc2)C2CCCC2)CC(C)(C)C1. The zero-order chi connectivity index (χ0) is 17.2. The van der Waals surface area contributed by atoms with E-state index < -0.39 is 0 Å². The second-order valence-corrected chi connectivity index (χ2v) is 9.05. The van der Waals surface area contributed by atoms with Crippen molar-refractivity contribution in [3.63, 3.8) is 0 Å². The molecular weight excluding hydrogens is 294 g/mol. The lowest BCUT2D eigenvalue weighted by molar-refractivity contribution is -0.125. The van der Waals surface area contributed by atoms with Gasteiger partial charge in [0.1, 0.15) is 0 Å². The van der Waals surface area contributed by atoms with Gasteiger partial charge in [-0.15, -0.1) is 0 Å². The van der Waals surface area contributed by atoms with Crippen molar-refractivity contribution in [3.8, 4) is 0 Å². The highest BCUT2D eigenvalue weighted by molar-refractivity contribution is 5.84. The Morgan fingerprint density at radius 1 is 1.12 bits per heavy atom. The first-order valence-electron chi connectivity index (χ1n) is 9.80. The normalized spacial score (nSPS) is 28.5. The highest BCUT2D eigenvalue weighted by atomic mass is 16.2. The molecule has 24 heavy (non-hydrogen) atoms. The lowest BCUT2D eigenvalue weighted by Gasteiger charge is -2.40. The van der Waals surface area contributed by atoms with Gasteiger partial charge in [-0.05, 0) is 54.9 Å². The average molecular weight is 328 g/mol. The zero-order valence-corrected chi connectivity index (χ0v) is 15.6. The van der Waals surface area contributed by atoms with Gasteiger partial charge in [0.15, 0.2) is 0 Å². The lowest BCUT2D eigenvalue weighted by atomic mass is 9.70. The molecule has 2 saturated carbocycles. The molecule has 2 fully saturated rings. The van der Waals surface area contributed by atoms with Crippen LogP contribution in [0.4, 0.5) is 0 Å². The first-order chi connectivity index (χ1) is 11.4. The molecular formula is C22H33NO. The molecule has 2 heteroatoms. The Hall–Kier alpha value is -1.31. The summed E-state index contributed by atoms with van der Waals surface area (Å²) in [6.07, 6.45) is 8.43. The summed E-state index contributed by atoms with van der Waals surface area (Å²) in [6, 6.07) is 10.8. The largest absolute Gasteiger partial charge is 0.353 e. The quantitative estimate of drug-likeness (QED) is 0.799. The Bertz CT molecular complexity index is 544. The molecule has 1 amide bonds. The monoisotopic (exact) mass is 327 g/mol. The molecule has 0 bridgehead atoms. The highest BCUT2D eigenvalue weighted by Gasteiger charge is 2.36. The van der Waals surface area contributed by atoms with E-state index in [2.05, 4.69) is 50.4 Å². The van der Waals surface area contributed by atoms with Gasteiger partial charge in [-0.25, -0.2) is 0 Å². The molecule has 0 spiro atoms. The van der Waals surface area contributed by atoms with Crippen molar-refractivity contribution in [2.24, 2.45) is 17.3 Å². The fourth-order valence-corrected chi connectivity index (χ4v) is 5.34. The molecule has 2 aliphatic carbocycles. The third-order valence-corrected chi connectivity index (χ3v) is 6.05. The number of rotatable bonds is 4. The molecule has 2 aliphatic rings. The minimum Gasteiger partial charge on any atom is -0.353 e. The van der Waals surface area contributed by atoms with Crippen LogP contribution in [0.1, 0.15) is 77.2 Å². The van der Waals surface area contributed by atoms with Crippen LogP contribution in [0.5, 0.6) is 0 Å². The smallest absolute Gasteiger partial charge is 0.228 e. The van der Waals surface area contributed by atoms with E-state index in [-0.39, 0.29) is 11.8 Å². The van der Waals surface area contributed by atoms with Crippen molar-refractivity contribution < 1.29 is 4.79 Å². The number of hydrogen-bond donors (Lipinski definition) is 1. The Morgan fingerprint density at radius 2 is 1.79 bits per heavy atom. The van der Waals surface area contributed by atoms with Gasteiger partial charge in [-0.3, -0.25) is 4.79 Å². The fraction of sp³-hybridized carbons (Fsp3) is 0.682. The van der Waals surface area contributed by atoms with E-state index in [1.54, 1.807) is 0 Å². The molecule has 0 unspecified atom stereocenters. The minimum atomic E-state index is 0.0362. The molecule has 0 aromatic heterocycles. The molecule has 3 atom stereocenters. The van der Waals surface area contributed by atoms with E-state index in [1.165, 1.54) is 37.7 Å². The van der Waals surface area contributed by atoms with E-state index in [9.17, 15) is 4.79 Å². The molecule has 0 aliphatic heterocycles. The van der Waals surface area contributed by atoms with Gasteiger partial charge in [0, 0.05) is 6.04 Å². The van der Waals surface area contributed by atoms with E-state index in [4.69, 9.17) is 0 Å². The van der Waals surface area contributed by atoms with Crippen LogP contribution in [0.2, 0.25) is 0 Å². The van der Waals surface area contributed by atoms with Crippen molar-refractivity contribution in [2.45, 2.75) is 77.7 Å². The first-order valence-corrected chi connectivity index (χ1v) is 9.80. The summed E-state index contributed by atoms with van der Waals surface area (Å²) in [5.41, 5.74) is 1.54. The van der Waals surface area contributed by atoms with Crippen LogP contribution in [0.15, 0.2) is 30.3 Å². The van der Waals surface area contributed by atoms with E-state index in [0.29, 0.717) is 23.3 Å². The molecule has 0 heterocycles. The summed E-state index contributed by atoms with van der Waals surface area (Å²) in [5.74, 6) is 1.51. The van der Waals surface area contributed by atoms with Gasteiger partial charge in [-0.2, -0.15) is 0 Å². The van der Waals surface area contributed by atoms with Crippen LogP contribution in [0.3, 0.4) is 0 Å². The van der Waals surface area contributed by atoms with E-state index >= 15 is 0 Å². The highest BCUT2D eigenvalue weighted by Crippen LogP contribution is 2.40. The fourth-order valence-electron chi connectivity index (χ4n) is 5.34. The van der Waals surface area contributed by atoms with Crippen LogP contribution >= 0.6 is 0 Å². The molecule has 0 radical (unpaired) electrons. The Kier molecular flexibility index (Phi) is 5.32. The van der Waals surface area contributed by atoms with Crippen LogP contribution in [0, 0.1) is 17.3 Å². The van der Waals surface area contributed by atoms with Crippen molar-refractivity contribution in [3.05, 3.63) is 35.9 Å². The van der Waals surface area contributed by atoms with E-state index in [1.807, 2.05) is 6.07 Å². The molecule has 3 rings (SSSR count). The summed E-state index contributed by atoms with van der Waals surface area (Å²) in [5, 5.41) is 3.44. The number of benzene rings is 1. The van der Waals surface area contributed by atoms with Gasteiger partial charge in [0.05, 0.1) is 5.92 Å². The minimum absolute atomic E-state index is 0.0362. The Balaban J connectivity index is 1.74. The Labute approximate surface area is 147 Å². The maximum absolute atomic E-state index is 13.2. The topological polar surface area (TPSA) is 29.1 Å². The first kappa shape index (κ1) is 17.5. The van der Waals surface area contributed by atoms with E-state index in [0.717, 1.165) is 12.8 Å². The summed E-state index contributed by atoms with van der Waals surface area (Å²) in [7, 11) is 0. The average Bonchev–Trinajstić information content (AvgIpc) is 3.00. The van der Waals surface area contributed by atoms with Gasteiger partial charge >= 0.3 is 0 Å². The van der Waals surface area contributed by atoms with Crippen LogP contribution in [0.25, 0.3) is 0 Å². The number of nitrogens with one attached hydrogen (secondary N) is 1. The number of hydrogen-bond acceptors (Lipinski definition) is 1. The molecule has 1 aromatic rings. The van der Waals surface area contributed by atoms with Crippen molar-refractivity contribution >= 4 is 5.91 Å². The number of amides is 1. The van der Waals surface area contributed by atoms with Crippen molar-refractivity contribution in [2.75, 3.05) is 0 Å². The molecule has 1 aromatic carbocycles. The van der Waals surface area contributed by atoms with Gasteiger partial charge in [0.25, 0.3) is 0 Å². The molecule has 1 N–H and O–H groups in total. The summed E-state index contributed by atoms with van der Waals surface area (Å²) >= 11 is 0. The van der Waals surface area contributed by atoms with Gasteiger partial charge in [0.2, 0.25) is 5.91 Å². The predicted molar refractivity (Wildman–Crippen MR) is 99.9 cm³/mol. The Morgan fingerprint density at radius 3 is 2.42 bits per heavy atom. The third kappa shape index (κ3) is 4.20. The van der Waals surface area contributed by atoms with Crippen molar-refractivity contribution in [1.29, 1.82) is 0 Å². The number of carbonyl (C=O) groups excluding carboxylic acids is 1. The summed E-state index contributed by atoms with van der Waals surface area (Å²) in [4.78, 5) is 13.2. The van der Waals surface area contributed by atoms with Gasteiger partial charge < -0.3 is 5.32 Å². The summed E-state index contributed by atoms with van der Waals surface area (Å²) in [6.45, 7) is 7.01. The maximum atomic E-state index is 13.2. The third-order valence-electron chi connectivity index (χ3n) is 6.05. The summed E-state index contributed by atoms with van der Waals surface area (Å²) < 4.78 is 0.